The summed E-state index contributed by atoms with van der Waals surface area (Å²) >= 11 is 0. The van der Waals surface area contributed by atoms with E-state index in [0.29, 0.717) is 6.54 Å². The molecule has 0 heterocycles. The lowest BCUT2D eigenvalue weighted by Gasteiger charge is -2.07. The van der Waals surface area contributed by atoms with Gasteiger partial charge in [-0.1, -0.05) is 26.2 Å². The number of nitrogens with two attached hydrogens (primary N) is 1. The molecule has 0 aliphatic heterocycles. The number of sulfonamides is 1. The van der Waals surface area contributed by atoms with Crippen molar-refractivity contribution < 1.29 is 17.6 Å². The van der Waals surface area contributed by atoms with E-state index in [1.54, 1.807) is 0 Å². The fourth-order valence-corrected chi connectivity index (χ4v) is 2.24. The molecule has 0 spiro atoms. The van der Waals surface area contributed by atoms with E-state index in [1.165, 1.54) is 0 Å². The predicted octanol–water partition coefficient (Wildman–Crippen LogP) is 1.78. The van der Waals surface area contributed by atoms with Gasteiger partial charge in [0.2, 0.25) is 10.0 Å². The van der Waals surface area contributed by atoms with Gasteiger partial charge in [0.05, 0.1) is 10.5 Å². The molecule has 0 aliphatic rings. The van der Waals surface area contributed by atoms with Gasteiger partial charge in [-0.15, -0.1) is 0 Å². The van der Waals surface area contributed by atoms with Crippen molar-refractivity contribution in [1.82, 2.24) is 5.32 Å². The zero-order chi connectivity index (χ0) is 15.2. The molecule has 0 atom stereocenters. The summed E-state index contributed by atoms with van der Waals surface area (Å²) in [7, 11) is -3.95. The van der Waals surface area contributed by atoms with Crippen LogP contribution in [-0.4, -0.2) is 20.9 Å². The summed E-state index contributed by atoms with van der Waals surface area (Å²) < 4.78 is 35.9. The van der Waals surface area contributed by atoms with E-state index in [-0.39, 0.29) is 10.5 Å². The van der Waals surface area contributed by atoms with Crippen LogP contribution < -0.4 is 10.5 Å². The van der Waals surface area contributed by atoms with Crippen LogP contribution in [0.25, 0.3) is 0 Å². The van der Waals surface area contributed by atoms with Crippen molar-refractivity contribution in [2.45, 2.75) is 37.5 Å². The minimum absolute atomic E-state index is 0.282. The first-order chi connectivity index (χ1) is 9.36. The molecule has 0 saturated carbocycles. The van der Waals surface area contributed by atoms with Gasteiger partial charge >= 0.3 is 0 Å². The molecule has 1 aromatic carbocycles. The fraction of sp³-hybridized carbons (Fsp3) is 0.462. The molecule has 1 amide bonds. The standard InChI is InChI=1S/C13H19FN2O3S/c1-2-3-4-5-8-16-13(17)11-9-10(20(15,18)19)6-7-12(11)14/h6-7,9H,2-5,8H2,1H3,(H,16,17)(H2,15,18,19). The first-order valence-electron chi connectivity index (χ1n) is 6.46. The smallest absolute Gasteiger partial charge is 0.254 e. The molecule has 3 N–H and O–H groups in total. The Morgan fingerprint density at radius 3 is 2.60 bits per heavy atom. The number of unbranched alkanes of at least 4 members (excludes halogenated alkanes) is 3. The molecule has 0 bridgehead atoms. The van der Waals surface area contributed by atoms with Crippen molar-refractivity contribution in [3.05, 3.63) is 29.6 Å². The quantitative estimate of drug-likeness (QED) is 0.752. The van der Waals surface area contributed by atoms with Gasteiger partial charge in [0.1, 0.15) is 5.82 Å². The topological polar surface area (TPSA) is 89.3 Å². The van der Waals surface area contributed by atoms with Gasteiger partial charge < -0.3 is 5.32 Å². The molecule has 0 radical (unpaired) electrons. The molecular formula is C13H19FN2O3S. The number of halogens is 1. The lowest BCUT2D eigenvalue weighted by atomic mass is 10.2. The highest BCUT2D eigenvalue weighted by Crippen LogP contribution is 2.14. The van der Waals surface area contributed by atoms with Crippen LogP contribution in [-0.2, 0) is 10.0 Å². The molecular weight excluding hydrogens is 283 g/mol. The molecule has 5 nitrogen and oxygen atoms in total. The summed E-state index contributed by atoms with van der Waals surface area (Å²) in [5.74, 6) is -1.41. The number of rotatable bonds is 7. The van der Waals surface area contributed by atoms with E-state index in [0.717, 1.165) is 43.9 Å². The maximum absolute atomic E-state index is 13.5. The normalized spacial score (nSPS) is 11.3. The van der Waals surface area contributed by atoms with E-state index in [4.69, 9.17) is 5.14 Å². The molecule has 112 valence electrons. The van der Waals surface area contributed by atoms with Crippen molar-refractivity contribution in [3.8, 4) is 0 Å². The molecule has 7 heteroatoms. The molecule has 0 saturated heterocycles. The summed E-state index contributed by atoms with van der Waals surface area (Å²) in [4.78, 5) is 11.5. The molecule has 1 aromatic rings. The number of hydrogen-bond acceptors (Lipinski definition) is 3. The summed E-state index contributed by atoms with van der Waals surface area (Å²) in [6.07, 6.45) is 3.94. The highest BCUT2D eigenvalue weighted by atomic mass is 32.2. The Labute approximate surface area is 118 Å². The van der Waals surface area contributed by atoms with Crippen LogP contribution in [0.4, 0.5) is 4.39 Å². The number of carbonyl (C=O) groups is 1. The highest BCUT2D eigenvalue weighted by Gasteiger charge is 2.16. The fourth-order valence-electron chi connectivity index (χ4n) is 1.70. The van der Waals surface area contributed by atoms with Crippen LogP contribution in [0.3, 0.4) is 0 Å². The predicted molar refractivity (Wildman–Crippen MR) is 74.2 cm³/mol. The molecule has 1 rings (SSSR count). The van der Waals surface area contributed by atoms with E-state index in [2.05, 4.69) is 12.2 Å². The second-order valence-corrected chi connectivity index (χ2v) is 6.06. The van der Waals surface area contributed by atoms with Gasteiger partial charge in [-0.05, 0) is 24.6 Å². The van der Waals surface area contributed by atoms with Crippen molar-refractivity contribution in [2.75, 3.05) is 6.54 Å². The summed E-state index contributed by atoms with van der Waals surface area (Å²) in [6, 6.07) is 2.90. The van der Waals surface area contributed by atoms with Gasteiger partial charge in [0.15, 0.2) is 0 Å². The van der Waals surface area contributed by atoms with Crippen molar-refractivity contribution in [1.29, 1.82) is 0 Å². The van der Waals surface area contributed by atoms with E-state index in [9.17, 15) is 17.6 Å². The first kappa shape index (κ1) is 16.6. The van der Waals surface area contributed by atoms with Crippen LogP contribution in [0.2, 0.25) is 0 Å². The van der Waals surface area contributed by atoms with Gasteiger partial charge in [-0.3, -0.25) is 4.79 Å². The minimum Gasteiger partial charge on any atom is -0.352 e. The molecule has 0 aromatic heterocycles. The second kappa shape index (κ2) is 7.35. The Balaban J connectivity index is 2.72. The number of benzene rings is 1. The Morgan fingerprint density at radius 2 is 2.00 bits per heavy atom. The van der Waals surface area contributed by atoms with Gasteiger partial charge in [-0.2, -0.15) is 0 Å². The van der Waals surface area contributed by atoms with Crippen LogP contribution in [0.5, 0.6) is 0 Å². The maximum Gasteiger partial charge on any atom is 0.254 e. The zero-order valence-electron chi connectivity index (χ0n) is 11.4. The number of carbonyl (C=O) groups excluding carboxylic acids is 1. The second-order valence-electron chi connectivity index (χ2n) is 4.50. The van der Waals surface area contributed by atoms with Crippen LogP contribution in [0.15, 0.2) is 23.1 Å². The number of nitrogens with one attached hydrogen (secondary N) is 1. The number of hydrogen-bond donors (Lipinski definition) is 2. The van der Waals surface area contributed by atoms with Gasteiger partial charge in [-0.25, -0.2) is 17.9 Å². The SMILES string of the molecule is CCCCCCNC(=O)c1cc(S(N)(=O)=O)ccc1F. The molecule has 0 unspecified atom stereocenters. The monoisotopic (exact) mass is 302 g/mol. The van der Waals surface area contributed by atoms with Gasteiger partial charge in [0, 0.05) is 6.54 Å². The largest absolute Gasteiger partial charge is 0.352 e. The Hall–Kier alpha value is -1.47. The lowest BCUT2D eigenvalue weighted by Crippen LogP contribution is -2.26. The van der Waals surface area contributed by atoms with E-state index >= 15 is 0 Å². The number of primary sulfonamides is 1. The summed E-state index contributed by atoms with van der Waals surface area (Å²) in [5.41, 5.74) is -0.313. The summed E-state index contributed by atoms with van der Waals surface area (Å²) in [5, 5.41) is 7.51. The Morgan fingerprint density at radius 1 is 1.30 bits per heavy atom. The maximum atomic E-state index is 13.5. The molecule has 20 heavy (non-hydrogen) atoms. The lowest BCUT2D eigenvalue weighted by molar-refractivity contribution is 0.0948. The third kappa shape index (κ3) is 4.90. The summed E-state index contributed by atoms with van der Waals surface area (Å²) in [6.45, 7) is 2.50. The van der Waals surface area contributed by atoms with Gasteiger partial charge in [0.25, 0.3) is 5.91 Å². The van der Waals surface area contributed by atoms with Crippen LogP contribution in [0.1, 0.15) is 43.0 Å². The van der Waals surface area contributed by atoms with Crippen molar-refractivity contribution in [3.63, 3.8) is 0 Å². The average Bonchev–Trinajstić information content (AvgIpc) is 2.37. The average molecular weight is 302 g/mol. The first-order valence-corrected chi connectivity index (χ1v) is 8.01. The van der Waals surface area contributed by atoms with E-state index in [1.807, 2.05) is 0 Å². The van der Waals surface area contributed by atoms with Crippen LogP contribution in [0, 0.1) is 5.82 Å². The zero-order valence-corrected chi connectivity index (χ0v) is 12.2. The Bertz CT molecular complexity index is 573. The number of amides is 1. The van der Waals surface area contributed by atoms with Crippen LogP contribution >= 0.6 is 0 Å². The highest BCUT2D eigenvalue weighted by molar-refractivity contribution is 7.89. The third-order valence-corrected chi connectivity index (χ3v) is 3.74. The third-order valence-electron chi connectivity index (χ3n) is 2.83. The minimum atomic E-state index is -3.95. The van der Waals surface area contributed by atoms with Crippen molar-refractivity contribution in [2.24, 2.45) is 5.14 Å². The molecule has 0 fully saturated rings. The van der Waals surface area contributed by atoms with E-state index < -0.39 is 21.7 Å². The van der Waals surface area contributed by atoms with Crippen molar-refractivity contribution >= 4 is 15.9 Å². The molecule has 0 aliphatic carbocycles. The Kier molecular flexibility index (Phi) is 6.09.